The first kappa shape index (κ1) is 8.02. The van der Waals surface area contributed by atoms with Gasteiger partial charge in [-0.15, -0.1) is 11.3 Å². The van der Waals surface area contributed by atoms with E-state index in [-0.39, 0.29) is 5.82 Å². The maximum absolute atomic E-state index is 13.1. The van der Waals surface area contributed by atoms with Crippen molar-refractivity contribution in [1.29, 1.82) is 0 Å². The fourth-order valence-corrected chi connectivity index (χ4v) is 2.28. The Morgan fingerprint density at radius 1 is 1.42 bits per heavy atom. The summed E-state index contributed by atoms with van der Waals surface area (Å²) in [4.78, 5) is 0. The second-order valence-corrected chi connectivity index (χ2v) is 3.94. The van der Waals surface area contributed by atoms with Crippen LogP contribution in [0, 0.1) is 12.7 Å². The Balaban J connectivity index is 2.96. The van der Waals surface area contributed by atoms with Crippen LogP contribution in [0.25, 0.3) is 10.1 Å². The molecule has 0 saturated carbocycles. The highest BCUT2D eigenvalue weighted by Crippen LogP contribution is 2.32. The molecule has 12 heavy (non-hydrogen) atoms. The molecule has 0 fully saturated rings. The third-order valence-corrected chi connectivity index (χ3v) is 3.23. The Morgan fingerprint density at radius 3 is 2.92 bits per heavy atom. The van der Waals surface area contributed by atoms with Gasteiger partial charge in [0.15, 0.2) is 0 Å². The lowest BCUT2D eigenvalue weighted by Gasteiger charge is -1.97. The molecule has 0 bridgehead atoms. The molecule has 0 N–H and O–H groups in total. The van der Waals surface area contributed by atoms with E-state index >= 15 is 0 Å². The zero-order valence-corrected chi connectivity index (χ0v) is 7.97. The Hall–Kier alpha value is -0.600. The van der Waals surface area contributed by atoms with Crippen molar-refractivity contribution in [2.45, 2.75) is 6.92 Å². The van der Waals surface area contributed by atoms with Gasteiger partial charge in [0.1, 0.15) is 5.82 Å². The van der Waals surface area contributed by atoms with Gasteiger partial charge in [-0.25, -0.2) is 4.39 Å². The predicted molar refractivity (Wildman–Crippen MR) is 51.5 cm³/mol. The van der Waals surface area contributed by atoms with Gasteiger partial charge in [0.05, 0.1) is 5.02 Å². The lowest BCUT2D eigenvalue weighted by molar-refractivity contribution is 0.644. The molecule has 0 unspecified atom stereocenters. The van der Waals surface area contributed by atoms with Crippen molar-refractivity contribution in [3.8, 4) is 0 Å². The predicted octanol–water partition coefficient (Wildman–Crippen LogP) is 4.00. The van der Waals surface area contributed by atoms with Crippen LogP contribution in [0.3, 0.4) is 0 Å². The molecule has 0 aliphatic carbocycles. The van der Waals surface area contributed by atoms with Crippen molar-refractivity contribution in [1.82, 2.24) is 0 Å². The van der Waals surface area contributed by atoms with Gasteiger partial charge in [-0.3, -0.25) is 0 Å². The van der Waals surface area contributed by atoms with Gasteiger partial charge in [-0.1, -0.05) is 17.7 Å². The molecule has 1 aromatic heterocycles. The fourth-order valence-electron chi connectivity index (χ4n) is 1.16. The van der Waals surface area contributed by atoms with Crippen molar-refractivity contribution in [2.24, 2.45) is 0 Å². The highest BCUT2D eigenvalue weighted by Gasteiger charge is 2.08. The number of aryl methyl sites for hydroxylation is 1. The molecule has 0 spiro atoms. The maximum atomic E-state index is 13.1. The SMILES string of the molecule is Cc1ccc2scc(F)c2c1Cl. The van der Waals surface area contributed by atoms with Gasteiger partial charge >= 0.3 is 0 Å². The van der Waals surface area contributed by atoms with E-state index in [1.807, 2.05) is 19.1 Å². The number of fused-ring (bicyclic) bond motifs is 1. The molecule has 2 rings (SSSR count). The Labute approximate surface area is 78.6 Å². The van der Waals surface area contributed by atoms with Crippen molar-refractivity contribution < 1.29 is 4.39 Å². The van der Waals surface area contributed by atoms with E-state index in [0.717, 1.165) is 10.3 Å². The standard InChI is InChI=1S/C9H6ClFS/c1-5-2-3-7-8(9(5)10)6(11)4-12-7/h2-4H,1H3. The van der Waals surface area contributed by atoms with E-state index in [1.165, 1.54) is 16.7 Å². The van der Waals surface area contributed by atoms with Crippen molar-refractivity contribution in [2.75, 3.05) is 0 Å². The summed E-state index contributed by atoms with van der Waals surface area (Å²) >= 11 is 7.32. The van der Waals surface area contributed by atoms with Crippen LogP contribution in [0.2, 0.25) is 5.02 Å². The normalized spacial score (nSPS) is 10.9. The van der Waals surface area contributed by atoms with E-state index in [1.54, 1.807) is 0 Å². The monoisotopic (exact) mass is 200 g/mol. The molecule has 0 radical (unpaired) electrons. The van der Waals surface area contributed by atoms with Crippen LogP contribution in [0.4, 0.5) is 4.39 Å². The van der Waals surface area contributed by atoms with Crippen LogP contribution < -0.4 is 0 Å². The van der Waals surface area contributed by atoms with Gasteiger partial charge in [0, 0.05) is 15.5 Å². The first-order chi connectivity index (χ1) is 5.70. The van der Waals surface area contributed by atoms with E-state index in [9.17, 15) is 4.39 Å². The minimum absolute atomic E-state index is 0.219. The topological polar surface area (TPSA) is 0 Å². The molecule has 0 atom stereocenters. The number of thiophene rings is 1. The van der Waals surface area contributed by atoms with E-state index in [2.05, 4.69) is 0 Å². The van der Waals surface area contributed by atoms with Gasteiger partial charge in [0.2, 0.25) is 0 Å². The molecular formula is C9H6ClFS. The average Bonchev–Trinajstić information content (AvgIpc) is 2.41. The van der Waals surface area contributed by atoms with Crippen LogP contribution in [0.15, 0.2) is 17.5 Å². The van der Waals surface area contributed by atoms with E-state index in [4.69, 9.17) is 11.6 Å². The third kappa shape index (κ3) is 1.03. The molecule has 2 aromatic rings. The highest BCUT2D eigenvalue weighted by molar-refractivity contribution is 7.17. The van der Waals surface area contributed by atoms with E-state index < -0.39 is 0 Å². The summed E-state index contributed by atoms with van der Waals surface area (Å²) < 4.78 is 14.0. The zero-order chi connectivity index (χ0) is 8.72. The van der Waals surface area contributed by atoms with Gasteiger partial charge in [-0.2, -0.15) is 0 Å². The Kier molecular flexibility index (Phi) is 1.81. The van der Waals surface area contributed by atoms with Gasteiger partial charge in [0.25, 0.3) is 0 Å². The van der Waals surface area contributed by atoms with Crippen LogP contribution in [0.1, 0.15) is 5.56 Å². The Morgan fingerprint density at radius 2 is 2.17 bits per heavy atom. The molecule has 1 aromatic carbocycles. The largest absolute Gasteiger partial charge is 0.205 e. The molecule has 1 heterocycles. The summed E-state index contributed by atoms with van der Waals surface area (Å²) in [5.41, 5.74) is 0.918. The number of halogens is 2. The maximum Gasteiger partial charge on any atom is 0.143 e. The fraction of sp³-hybridized carbons (Fsp3) is 0.111. The second kappa shape index (κ2) is 2.71. The summed E-state index contributed by atoms with van der Waals surface area (Å²) in [7, 11) is 0. The summed E-state index contributed by atoms with van der Waals surface area (Å²) in [5, 5.41) is 2.57. The van der Waals surface area contributed by atoms with Crippen LogP contribution in [0.5, 0.6) is 0 Å². The van der Waals surface area contributed by atoms with Crippen molar-refractivity contribution >= 4 is 33.0 Å². The lowest BCUT2D eigenvalue weighted by Crippen LogP contribution is -1.76. The highest BCUT2D eigenvalue weighted by atomic mass is 35.5. The molecule has 0 aliphatic heterocycles. The van der Waals surface area contributed by atoms with Crippen molar-refractivity contribution in [3.63, 3.8) is 0 Å². The molecule has 0 amide bonds. The number of rotatable bonds is 0. The lowest BCUT2D eigenvalue weighted by atomic mass is 10.2. The molecule has 3 heteroatoms. The molecule has 0 saturated heterocycles. The molecular weight excluding hydrogens is 195 g/mol. The first-order valence-electron chi connectivity index (χ1n) is 3.52. The minimum Gasteiger partial charge on any atom is -0.205 e. The van der Waals surface area contributed by atoms with Gasteiger partial charge < -0.3 is 0 Å². The third-order valence-electron chi connectivity index (χ3n) is 1.83. The quantitative estimate of drug-likeness (QED) is 0.603. The average molecular weight is 201 g/mol. The summed E-state index contributed by atoms with van der Waals surface area (Å²) in [5.74, 6) is -0.219. The first-order valence-corrected chi connectivity index (χ1v) is 4.77. The number of hydrogen-bond donors (Lipinski definition) is 0. The second-order valence-electron chi connectivity index (χ2n) is 2.65. The van der Waals surface area contributed by atoms with E-state index in [0.29, 0.717) is 10.4 Å². The van der Waals surface area contributed by atoms with Crippen LogP contribution in [-0.2, 0) is 0 Å². The van der Waals surface area contributed by atoms with Crippen LogP contribution in [-0.4, -0.2) is 0 Å². The molecule has 62 valence electrons. The number of benzene rings is 1. The number of hydrogen-bond acceptors (Lipinski definition) is 1. The Bertz CT molecular complexity index is 433. The van der Waals surface area contributed by atoms with Crippen molar-refractivity contribution in [3.05, 3.63) is 33.9 Å². The zero-order valence-electron chi connectivity index (χ0n) is 6.40. The molecule has 0 aliphatic rings. The van der Waals surface area contributed by atoms with Crippen LogP contribution >= 0.6 is 22.9 Å². The van der Waals surface area contributed by atoms with Gasteiger partial charge in [-0.05, 0) is 18.6 Å². The summed E-state index contributed by atoms with van der Waals surface area (Å²) in [6.07, 6.45) is 0. The summed E-state index contributed by atoms with van der Waals surface area (Å²) in [6.45, 7) is 1.87. The smallest absolute Gasteiger partial charge is 0.143 e. The molecule has 0 nitrogen and oxygen atoms in total. The summed E-state index contributed by atoms with van der Waals surface area (Å²) in [6, 6.07) is 3.80. The minimum atomic E-state index is -0.219.